The number of hydrogen-bond donors (Lipinski definition) is 1. The lowest BCUT2D eigenvalue weighted by Gasteiger charge is -2.11. The summed E-state index contributed by atoms with van der Waals surface area (Å²) in [6.07, 6.45) is 0. The van der Waals surface area contributed by atoms with E-state index in [9.17, 15) is 4.79 Å². The summed E-state index contributed by atoms with van der Waals surface area (Å²) < 4.78 is 11.9. The van der Waals surface area contributed by atoms with E-state index in [1.807, 2.05) is 19.9 Å². The molecule has 0 bridgehead atoms. The third-order valence-electron chi connectivity index (χ3n) is 2.47. The van der Waals surface area contributed by atoms with E-state index in [2.05, 4.69) is 0 Å². The number of thiophene rings is 1. The molecule has 0 aliphatic carbocycles. The summed E-state index contributed by atoms with van der Waals surface area (Å²) in [7, 11) is 0. The molecule has 18 heavy (non-hydrogen) atoms. The van der Waals surface area contributed by atoms with Crippen LogP contribution in [0, 0.1) is 0 Å². The van der Waals surface area contributed by atoms with Crippen LogP contribution in [0.15, 0.2) is 17.5 Å². The van der Waals surface area contributed by atoms with Gasteiger partial charge >= 0.3 is 5.97 Å². The number of aromatic carboxylic acids is 1. The van der Waals surface area contributed by atoms with Gasteiger partial charge in [-0.1, -0.05) is 0 Å². The van der Waals surface area contributed by atoms with E-state index in [4.69, 9.17) is 14.6 Å². The Morgan fingerprint density at radius 1 is 1.22 bits per heavy atom. The fraction of sp³-hybridized carbons (Fsp3) is 0.308. The average molecular weight is 266 g/mol. The standard InChI is InChI=1S/C13H14O4S/c1-3-16-10-5-8-9(13(14)15)7-18-12(8)6-11(10)17-4-2/h5-7H,3-4H2,1-2H3,(H,14,15). The van der Waals surface area contributed by atoms with Gasteiger partial charge in [0.05, 0.1) is 18.8 Å². The first-order chi connectivity index (χ1) is 8.67. The Morgan fingerprint density at radius 2 is 1.83 bits per heavy atom. The van der Waals surface area contributed by atoms with E-state index in [0.29, 0.717) is 35.7 Å². The van der Waals surface area contributed by atoms with Crippen LogP contribution >= 0.6 is 11.3 Å². The first kappa shape index (κ1) is 12.7. The number of ether oxygens (including phenoxy) is 2. The molecule has 1 aromatic heterocycles. The van der Waals surface area contributed by atoms with Crippen molar-refractivity contribution in [3.05, 3.63) is 23.1 Å². The Balaban J connectivity index is 2.58. The van der Waals surface area contributed by atoms with Gasteiger partial charge in [-0.2, -0.15) is 0 Å². The second kappa shape index (κ2) is 5.27. The zero-order valence-electron chi connectivity index (χ0n) is 10.2. The molecule has 1 N–H and O–H groups in total. The highest BCUT2D eigenvalue weighted by atomic mass is 32.1. The summed E-state index contributed by atoms with van der Waals surface area (Å²) in [6.45, 7) is 4.84. The molecule has 0 fully saturated rings. The molecule has 2 aromatic rings. The van der Waals surface area contributed by atoms with Crippen molar-refractivity contribution in [3.8, 4) is 11.5 Å². The smallest absolute Gasteiger partial charge is 0.337 e. The predicted molar refractivity (Wildman–Crippen MR) is 71.1 cm³/mol. The number of rotatable bonds is 5. The van der Waals surface area contributed by atoms with Gasteiger partial charge in [0.2, 0.25) is 0 Å². The average Bonchev–Trinajstić information content (AvgIpc) is 2.73. The van der Waals surface area contributed by atoms with Crippen molar-refractivity contribution in [2.45, 2.75) is 13.8 Å². The summed E-state index contributed by atoms with van der Waals surface area (Å²) in [5, 5.41) is 11.4. The monoisotopic (exact) mass is 266 g/mol. The van der Waals surface area contributed by atoms with Crippen LogP contribution in [0.25, 0.3) is 10.1 Å². The van der Waals surface area contributed by atoms with Crippen molar-refractivity contribution in [1.82, 2.24) is 0 Å². The van der Waals surface area contributed by atoms with Crippen molar-refractivity contribution < 1.29 is 19.4 Å². The van der Waals surface area contributed by atoms with Gasteiger partial charge < -0.3 is 14.6 Å². The predicted octanol–water partition coefficient (Wildman–Crippen LogP) is 3.40. The number of hydrogen-bond acceptors (Lipinski definition) is 4. The van der Waals surface area contributed by atoms with Crippen molar-refractivity contribution >= 4 is 27.4 Å². The first-order valence-corrected chi connectivity index (χ1v) is 6.59. The van der Waals surface area contributed by atoms with Crippen LogP contribution < -0.4 is 9.47 Å². The number of carbonyl (C=O) groups is 1. The van der Waals surface area contributed by atoms with Crippen molar-refractivity contribution in [1.29, 1.82) is 0 Å². The first-order valence-electron chi connectivity index (χ1n) is 5.71. The lowest BCUT2D eigenvalue weighted by molar-refractivity contribution is 0.0699. The molecule has 0 aliphatic rings. The zero-order chi connectivity index (χ0) is 13.1. The molecule has 0 unspecified atom stereocenters. The molecular formula is C13H14O4S. The van der Waals surface area contributed by atoms with Crippen LogP contribution in [-0.2, 0) is 0 Å². The van der Waals surface area contributed by atoms with Crippen LogP contribution in [-0.4, -0.2) is 24.3 Å². The van der Waals surface area contributed by atoms with E-state index < -0.39 is 5.97 Å². The molecule has 0 amide bonds. The summed E-state index contributed by atoms with van der Waals surface area (Å²) in [5.41, 5.74) is 0.305. The molecule has 2 rings (SSSR count). The second-order valence-corrected chi connectivity index (χ2v) is 4.53. The van der Waals surface area contributed by atoms with Gasteiger partial charge in [-0.25, -0.2) is 4.79 Å². The SMILES string of the molecule is CCOc1cc2scc(C(=O)O)c2cc1OCC. The molecular weight excluding hydrogens is 252 g/mol. The highest BCUT2D eigenvalue weighted by Gasteiger charge is 2.15. The van der Waals surface area contributed by atoms with Gasteiger partial charge in [0.25, 0.3) is 0 Å². The van der Waals surface area contributed by atoms with Gasteiger partial charge in [0, 0.05) is 21.5 Å². The molecule has 0 saturated heterocycles. The molecule has 96 valence electrons. The lowest BCUT2D eigenvalue weighted by Crippen LogP contribution is -1.99. The molecule has 0 aliphatic heterocycles. The third-order valence-corrected chi connectivity index (χ3v) is 3.42. The molecule has 0 atom stereocenters. The summed E-state index contributed by atoms with van der Waals surface area (Å²) in [6, 6.07) is 3.57. The molecule has 1 aromatic carbocycles. The van der Waals surface area contributed by atoms with Gasteiger partial charge in [0.15, 0.2) is 11.5 Å². The third kappa shape index (κ3) is 2.26. The van der Waals surface area contributed by atoms with Crippen molar-refractivity contribution in [3.63, 3.8) is 0 Å². The Labute approximate surface area is 109 Å². The van der Waals surface area contributed by atoms with E-state index in [-0.39, 0.29) is 0 Å². The number of carboxylic acid groups (broad SMARTS) is 1. The normalized spacial score (nSPS) is 10.6. The number of benzene rings is 1. The van der Waals surface area contributed by atoms with Gasteiger partial charge in [-0.3, -0.25) is 0 Å². The van der Waals surface area contributed by atoms with E-state index in [0.717, 1.165) is 4.70 Å². The van der Waals surface area contributed by atoms with Gasteiger partial charge in [0.1, 0.15) is 0 Å². The van der Waals surface area contributed by atoms with Crippen molar-refractivity contribution in [2.24, 2.45) is 0 Å². The molecule has 0 radical (unpaired) electrons. The minimum absolute atomic E-state index is 0.305. The Kier molecular flexibility index (Phi) is 3.72. The molecule has 4 nitrogen and oxygen atoms in total. The largest absolute Gasteiger partial charge is 0.490 e. The van der Waals surface area contributed by atoms with E-state index in [1.165, 1.54) is 11.3 Å². The van der Waals surface area contributed by atoms with Crippen LogP contribution in [0.4, 0.5) is 0 Å². The fourth-order valence-corrected chi connectivity index (χ4v) is 2.68. The summed E-state index contributed by atoms with van der Waals surface area (Å²) in [4.78, 5) is 11.1. The lowest BCUT2D eigenvalue weighted by atomic mass is 10.1. The van der Waals surface area contributed by atoms with Crippen LogP contribution in [0.1, 0.15) is 24.2 Å². The maximum Gasteiger partial charge on any atom is 0.337 e. The van der Waals surface area contributed by atoms with Crippen LogP contribution in [0.5, 0.6) is 11.5 Å². The fourth-order valence-electron chi connectivity index (χ4n) is 1.74. The minimum Gasteiger partial charge on any atom is -0.490 e. The van der Waals surface area contributed by atoms with Gasteiger partial charge in [-0.05, 0) is 19.9 Å². The maximum absolute atomic E-state index is 11.1. The van der Waals surface area contributed by atoms with Crippen LogP contribution in [0.3, 0.4) is 0 Å². The maximum atomic E-state index is 11.1. The molecule has 1 heterocycles. The molecule has 0 saturated carbocycles. The van der Waals surface area contributed by atoms with E-state index in [1.54, 1.807) is 11.4 Å². The molecule has 5 heteroatoms. The highest BCUT2D eigenvalue weighted by Crippen LogP contribution is 2.37. The zero-order valence-corrected chi connectivity index (χ0v) is 11.0. The highest BCUT2D eigenvalue weighted by molar-refractivity contribution is 7.17. The molecule has 0 spiro atoms. The second-order valence-electron chi connectivity index (χ2n) is 3.62. The van der Waals surface area contributed by atoms with Crippen molar-refractivity contribution in [2.75, 3.05) is 13.2 Å². The summed E-state index contributed by atoms with van der Waals surface area (Å²) >= 11 is 1.39. The number of carboxylic acids is 1. The van der Waals surface area contributed by atoms with Gasteiger partial charge in [-0.15, -0.1) is 11.3 Å². The topological polar surface area (TPSA) is 55.8 Å². The Morgan fingerprint density at radius 3 is 2.39 bits per heavy atom. The Hall–Kier alpha value is -1.75. The minimum atomic E-state index is -0.923. The summed E-state index contributed by atoms with van der Waals surface area (Å²) in [5.74, 6) is 0.325. The Bertz CT molecular complexity index is 574. The van der Waals surface area contributed by atoms with Crippen LogP contribution in [0.2, 0.25) is 0 Å². The number of fused-ring (bicyclic) bond motifs is 1. The van der Waals surface area contributed by atoms with E-state index >= 15 is 0 Å². The quantitative estimate of drug-likeness (QED) is 0.901.